The predicted octanol–water partition coefficient (Wildman–Crippen LogP) is 4.15. The molecule has 1 aliphatic heterocycles. The van der Waals surface area contributed by atoms with Crippen molar-refractivity contribution < 1.29 is 9.53 Å². The lowest BCUT2D eigenvalue weighted by Gasteiger charge is -2.18. The van der Waals surface area contributed by atoms with Crippen LogP contribution >= 0.6 is 0 Å². The highest BCUT2D eigenvalue weighted by molar-refractivity contribution is 5.68. The molecule has 1 rings (SSSR count). The standard InChI is InChI=1S/C17H33NO2/c1-18-15-11-13-16(18)12-9-7-5-3-4-6-8-10-14-17(19)20-2/h16H,3-15H2,1-2H3. The van der Waals surface area contributed by atoms with Crippen molar-refractivity contribution in [1.29, 1.82) is 0 Å². The van der Waals surface area contributed by atoms with Crippen LogP contribution in [0.1, 0.15) is 77.0 Å². The number of ether oxygens (including phenoxy) is 1. The lowest BCUT2D eigenvalue weighted by atomic mass is 10.0. The third kappa shape index (κ3) is 7.88. The topological polar surface area (TPSA) is 29.5 Å². The van der Waals surface area contributed by atoms with Gasteiger partial charge in [-0.1, -0.05) is 44.9 Å². The van der Waals surface area contributed by atoms with Gasteiger partial charge in [0.15, 0.2) is 0 Å². The van der Waals surface area contributed by atoms with E-state index in [1.165, 1.54) is 77.9 Å². The largest absolute Gasteiger partial charge is 0.469 e. The van der Waals surface area contributed by atoms with Crippen molar-refractivity contribution in [3.8, 4) is 0 Å². The molecule has 0 aromatic heterocycles. The van der Waals surface area contributed by atoms with E-state index in [9.17, 15) is 4.79 Å². The van der Waals surface area contributed by atoms with Gasteiger partial charge in [-0.3, -0.25) is 4.79 Å². The number of esters is 1. The minimum absolute atomic E-state index is 0.0677. The van der Waals surface area contributed by atoms with E-state index in [0.29, 0.717) is 6.42 Å². The highest BCUT2D eigenvalue weighted by Gasteiger charge is 2.19. The molecule has 1 saturated heterocycles. The number of rotatable bonds is 11. The molecule has 1 unspecified atom stereocenters. The first-order valence-corrected chi connectivity index (χ1v) is 8.51. The summed E-state index contributed by atoms with van der Waals surface area (Å²) in [5.41, 5.74) is 0. The molecule has 0 saturated carbocycles. The second-order valence-corrected chi connectivity index (χ2v) is 6.22. The zero-order chi connectivity index (χ0) is 14.6. The molecule has 0 aliphatic carbocycles. The predicted molar refractivity (Wildman–Crippen MR) is 83.8 cm³/mol. The average Bonchev–Trinajstić information content (AvgIpc) is 2.86. The molecule has 3 nitrogen and oxygen atoms in total. The van der Waals surface area contributed by atoms with Crippen LogP contribution in [0.3, 0.4) is 0 Å². The van der Waals surface area contributed by atoms with Gasteiger partial charge < -0.3 is 9.64 Å². The van der Waals surface area contributed by atoms with Crippen LogP contribution in [0.2, 0.25) is 0 Å². The molecule has 1 fully saturated rings. The van der Waals surface area contributed by atoms with Crippen molar-refractivity contribution in [1.82, 2.24) is 4.90 Å². The molecule has 0 radical (unpaired) electrons. The van der Waals surface area contributed by atoms with Gasteiger partial charge in [0.25, 0.3) is 0 Å². The Bertz CT molecular complexity index is 255. The molecule has 0 aromatic rings. The van der Waals surface area contributed by atoms with Gasteiger partial charge >= 0.3 is 5.97 Å². The average molecular weight is 283 g/mol. The third-order valence-electron chi connectivity index (χ3n) is 4.57. The number of hydrogen-bond acceptors (Lipinski definition) is 3. The van der Waals surface area contributed by atoms with Crippen LogP contribution in [0.15, 0.2) is 0 Å². The van der Waals surface area contributed by atoms with Gasteiger partial charge in [-0.15, -0.1) is 0 Å². The first-order chi connectivity index (χ1) is 9.74. The molecule has 1 atom stereocenters. The van der Waals surface area contributed by atoms with Crippen molar-refractivity contribution >= 4 is 5.97 Å². The quantitative estimate of drug-likeness (QED) is 0.421. The van der Waals surface area contributed by atoms with E-state index < -0.39 is 0 Å². The zero-order valence-electron chi connectivity index (χ0n) is 13.5. The number of hydrogen-bond donors (Lipinski definition) is 0. The van der Waals surface area contributed by atoms with Gasteiger partial charge in [-0.25, -0.2) is 0 Å². The Morgan fingerprint density at radius 3 is 2.20 bits per heavy atom. The summed E-state index contributed by atoms with van der Waals surface area (Å²) < 4.78 is 4.63. The second kappa shape index (κ2) is 11.1. The Balaban J connectivity index is 1.77. The Morgan fingerprint density at radius 1 is 1.05 bits per heavy atom. The fraction of sp³-hybridized carbons (Fsp3) is 0.941. The molecule has 3 heteroatoms. The van der Waals surface area contributed by atoms with Crippen molar-refractivity contribution in [2.24, 2.45) is 0 Å². The van der Waals surface area contributed by atoms with E-state index in [1.807, 2.05) is 0 Å². The monoisotopic (exact) mass is 283 g/mol. The molecule has 0 bridgehead atoms. The Labute approximate surface area is 125 Å². The minimum atomic E-state index is -0.0677. The van der Waals surface area contributed by atoms with Gasteiger partial charge in [-0.05, 0) is 39.3 Å². The summed E-state index contributed by atoms with van der Waals surface area (Å²) in [6.45, 7) is 1.30. The first-order valence-electron chi connectivity index (χ1n) is 8.51. The number of nitrogens with zero attached hydrogens (tertiary/aromatic N) is 1. The maximum Gasteiger partial charge on any atom is 0.305 e. The molecule has 20 heavy (non-hydrogen) atoms. The summed E-state index contributed by atoms with van der Waals surface area (Å²) in [7, 11) is 3.73. The van der Waals surface area contributed by atoms with Crippen molar-refractivity contribution in [3.63, 3.8) is 0 Å². The summed E-state index contributed by atoms with van der Waals surface area (Å²) in [6, 6.07) is 0.869. The van der Waals surface area contributed by atoms with Crippen LogP contribution in [0.4, 0.5) is 0 Å². The second-order valence-electron chi connectivity index (χ2n) is 6.22. The molecule has 1 aliphatic rings. The van der Waals surface area contributed by atoms with Gasteiger partial charge in [0.05, 0.1) is 7.11 Å². The zero-order valence-corrected chi connectivity index (χ0v) is 13.5. The van der Waals surface area contributed by atoms with E-state index in [4.69, 9.17) is 0 Å². The van der Waals surface area contributed by atoms with Crippen molar-refractivity contribution in [2.45, 2.75) is 83.1 Å². The third-order valence-corrected chi connectivity index (χ3v) is 4.57. The normalized spacial score (nSPS) is 19.4. The fourth-order valence-electron chi connectivity index (χ4n) is 3.16. The van der Waals surface area contributed by atoms with Gasteiger partial charge in [0.2, 0.25) is 0 Å². The molecule has 0 aromatic carbocycles. The van der Waals surface area contributed by atoms with Gasteiger partial charge in [-0.2, -0.15) is 0 Å². The van der Waals surface area contributed by atoms with Gasteiger partial charge in [0, 0.05) is 12.5 Å². The summed E-state index contributed by atoms with van der Waals surface area (Å²) in [5.74, 6) is -0.0677. The molecule has 0 spiro atoms. The minimum Gasteiger partial charge on any atom is -0.469 e. The van der Waals surface area contributed by atoms with E-state index in [0.717, 1.165) is 12.5 Å². The lowest BCUT2D eigenvalue weighted by molar-refractivity contribution is -0.140. The number of carbonyl (C=O) groups excluding carboxylic acids is 1. The number of methoxy groups -OCH3 is 1. The van der Waals surface area contributed by atoms with Crippen molar-refractivity contribution in [2.75, 3.05) is 20.7 Å². The van der Waals surface area contributed by atoms with Crippen molar-refractivity contribution in [3.05, 3.63) is 0 Å². The Morgan fingerprint density at radius 2 is 1.65 bits per heavy atom. The molecular weight excluding hydrogens is 250 g/mol. The van der Waals surface area contributed by atoms with E-state index in [1.54, 1.807) is 0 Å². The Kier molecular flexibility index (Phi) is 9.73. The van der Waals surface area contributed by atoms with Crippen LogP contribution in [0.5, 0.6) is 0 Å². The molecule has 118 valence electrons. The highest BCUT2D eigenvalue weighted by atomic mass is 16.5. The van der Waals surface area contributed by atoms with E-state index in [-0.39, 0.29) is 5.97 Å². The summed E-state index contributed by atoms with van der Waals surface area (Å²) >= 11 is 0. The maximum absolute atomic E-state index is 10.9. The SMILES string of the molecule is COC(=O)CCCCCCCCCCC1CCCN1C. The lowest BCUT2D eigenvalue weighted by Crippen LogP contribution is -2.24. The number of unbranched alkanes of at least 4 members (excludes halogenated alkanes) is 7. The van der Waals surface area contributed by atoms with Crippen LogP contribution < -0.4 is 0 Å². The van der Waals surface area contributed by atoms with Gasteiger partial charge in [0.1, 0.15) is 0 Å². The summed E-state index contributed by atoms with van der Waals surface area (Å²) in [6.07, 6.45) is 15.1. The van der Waals surface area contributed by atoms with Crippen LogP contribution in [0.25, 0.3) is 0 Å². The van der Waals surface area contributed by atoms with E-state index >= 15 is 0 Å². The van der Waals surface area contributed by atoms with Crippen LogP contribution in [-0.4, -0.2) is 37.6 Å². The molecule has 1 heterocycles. The molecule has 0 N–H and O–H groups in total. The smallest absolute Gasteiger partial charge is 0.305 e. The van der Waals surface area contributed by atoms with Crippen LogP contribution in [-0.2, 0) is 9.53 Å². The Hall–Kier alpha value is -0.570. The molecular formula is C17H33NO2. The first kappa shape index (κ1) is 17.5. The summed E-state index contributed by atoms with van der Waals surface area (Å²) in [4.78, 5) is 13.5. The van der Waals surface area contributed by atoms with E-state index in [2.05, 4.69) is 16.7 Å². The number of likely N-dealkylation sites (tertiary alicyclic amines) is 1. The fourth-order valence-corrected chi connectivity index (χ4v) is 3.16. The number of carbonyl (C=O) groups is 1. The van der Waals surface area contributed by atoms with Crippen LogP contribution in [0, 0.1) is 0 Å². The molecule has 0 amide bonds. The highest BCUT2D eigenvalue weighted by Crippen LogP contribution is 2.20. The maximum atomic E-state index is 10.9. The summed E-state index contributed by atoms with van der Waals surface area (Å²) in [5, 5.41) is 0.